The van der Waals surface area contributed by atoms with Crippen molar-refractivity contribution in [2.45, 2.75) is 38.4 Å². The molecule has 0 bridgehead atoms. The largest absolute Gasteiger partial charge is 0.417 e. The molecule has 2 aromatic heterocycles. The normalized spacial score (nSPS) is 20.0. The minimum atomic E-state index is -4.51. The van der Waals surface area contributed by atoms with E-state index < -0.39 is 48.5 Å². The van der Waals surface area contributed by atoms with Gasteiger partial charge in [-0.3, -0.25) is 4.79 Å². The third-order valence-corrected chi connectivity index (χ3v) is 6.86. The second-order valence-electron chi connectivity index (χ2n) is 8.63. The average Bonchev–Trinajstić information content (AvgIpc) is 3.19. The van der Waals surface area contributed by atoms with Crippen molar-refractivity contribution in [3.63, 3.8) is 0 Å². The number of amides is 1. The van der Waals surface area contributed by atoms with Gasteiger partial charge in [0.25, 0.3) is 11.8 Å². The number of carbonyl (C=O) groups excluding carboxylic acids is 1. The van der Waals surface area contributed by atoms with E-state index >= 15 is 0 Å². The number of aromatic nitrogens is 2. The number of nitrogens with one attached hydrogen (secondary N) is 1. The number of alkyl halides is 5. The smallest absolute Gasteiger partial charge is 0.368 e. The Bertz CT molecular complexity index is 1180. The van der Waals surface area contributed by atoms with Gasteiger partial charge in [0, 0.05) is 24.7 Å². The molecule has 1 saturated heterocycles. The number of benzene rings is 1. The first-order valence-corrected chi connectivity index (χ1v) is 11.7. The van der Waals surface area contributed by atoms with Crippen LogP contribution in [0.15, 0.2) is 48.7 Å². The van der Waals surface area contributed by atoms with Gasteiger partial charge >= 0.3 is 6.18 Å². The van der Waals surface area contributed by atoms with Gasteiger partial charge in [-0.25, -0.2) is 18.7 Å². The average molecular weight is 511 g/mol. The van der Waals surface area contributed by atoms with E-state index in [0.29, 0.717) is 22.5 Å². The van der Waals surface area contributed by atoms with Gasteiger partial charge in [0.2, 0.25) is 0 Å². The van der Waals surface area contributed by atoms with Crippen molar-refractivity contribution in [3.8, 4) is 11.3 Å². The summed E-state index contributed by atoms with van der Waals surface area (Å²) in [5.74, 6) is -4.02. The highest BCUT2D eigenvalue weighted by Gasteiger charge is 2.46. The summed E-state index contributed by atoms with van der Waals surface area (Å²) in [6, 6.07) is 10.5. The summed E-state index contributed by atoms with van der Waals surface area (Å²) < 4.78 is 67.5. The minimum Gasteiger partial charge on any atom is -0.368 e. The van der Waals surface area contributed by atoms with Crippen LogP contribution >= 0.6 is 11.3 Å². The third-order valence-electron chi connectivity index (χ3n) is 5.90. The molecule has 1 aliphatic rings. The summed E-state index contributed by atoms with van der Waals surface area (Å²) in [7, 11) is 0. The maximum Gasteiger partial charge on any atom is 0.417 e. The highest BCUT2D eigenvalue weighted by molar-refractivity contribution is 7.14. The Morgan fingerprint density at radius 1 is 1.20 bits per heavy atom. The molecule has 0 spiro atoms. The Labute approximate surface area is 203 Å². The highest BCUT2D eigenvalue weighted by atomic mass is 32.1. The lowest BCUT2D eigenvalue weighted by atomic mass is 9.88. The van der Waals surface area contributed by atoms with Crippen LogP contribution in [-0.4, -0.2) is 45.8 Å². The van der Waals surface area contributed by atoms with E-state index in [-0.39, 0.29) is 17.2 Å². The zero-order chi connectivity index (χ0) is 25.4. The first kappa shape index (κ1) is 25.0. The van der Waals surface area contributed by atoms with Crippen molar-refractivity contribution in [2.75, 3.05) is 18.4 Å². The zero-order valence-electron chi connectivity index (χ0n) is 18.9. The van der Waals surface area contributed by atoms with E-state index in [9.17, 15) is 26.7 Å². The fourth-order valence-electron chi connectivity index (χ4n) is 4.25. The molecule has 5 nitrogen and oxygen atoms in total. The van der Waals surface area contributed by atoms with Crippen LogP contribution in [0.25, 0.3) is 11.3 Å². The van der Waals surface area contributed by atoms with E-state index in [2.05, 4.69) is 15.3 Å². The van der Waals surface area contributed by atoms with Crippen LogP contribution in [0, 0.1) is 12.8 Å². The van der Waals surface area contributed by atoms with Crippen LogP contribution in [0.3, 0.4) is 0 Å². The first-order chi connectivity index (χ1) is 16.4. The molecule has 3 aromatic rings. The van der Waals surface area contributed by atoms with E-state index in [4.69, 9.17) is 0 Å². The lowest BCUT2D eigenvalue weighted by Crippen LogP contribution is -2.57. The number of carbonyl (C=O) groups is 1. The summed E-state index contributed by atoms with van der Waals surface area (Å²) in [5.41, 5.74) is 0.260. The Morgan fingerprint density at radius 3 is 2.54 bits per heavy atom. The summed E-state index contributed by atoms with van der Waals surface area (Å²) in [6.07, 6.45) is -4.21. The fourth-order valence-corrected chi connectivity index (χ4v) is 5.15. The summed E-state index contributed by atoms with van der Waals surface area (Å²) in [6.45, 7) is 2.68. The molecule has 3 heterocycles. The van der Waals surface area contributed by atoms with Crippen molar-refractivity contribution in [2.24, 2.45) is 5.92 Å². The molecule has 4 rings (SSSR count). The molecule has 2 atom stereocenters. The number of hydrogen-bond acceptors (Lipinski definition) is 5. The van der Waals surface area contributed by atoms with Crippen molar-refractivity contribution < 1.29 is 26.7 Å². The van der Waals surface area contributed by atoms with Gasteiger partial charge in [0.15, 0.2) is 0 Å². The zero-order valence-corrected chi connectivity index (χ0v) is 19.8. The topological polar surface area (TPSA) is 58.1 Å². The van der Waals surface area contributed by atoms with Gasteiger partial charge in [-0.2, -0.15) is 13.2 Å². The SMILES string of the molecule is Cc1nc(-c2ccccc2)c(C(=O)N2CC(F)(F)C[C@@H](C)[C@H]2CNc2ccc(C(F)(F)F)cn2)s1. The molecule has 1 aromatic carbocycles. The molecule has 0 saturated carbocycles. The van der Waals surface area contributed by atoms with Crippen molar-refractivity contribution in [3.05, 3.63) is 64.1 Å². The van der Waals surface area contributed by atoms with Gasteiger partial charge < -0.3 is 10.2 Å². The molecular formula is C24H23F5N4OS. The molecule has 1 N–H and O–H groups in total. The summed E-state index contributed by atoms with van der Waals surface area (Å²) in [4.78, 5) is 23.3. The Kier molecular flexibility index (Phi) is 6.81. The first-order valence-electron chi connectivity index (χ1n) is 10.9. The number of rotatable bonds is 5. The maximum absolute atomic E-state index is 14.6. The number of anilines is 1. The molecule has 0 radical (unpaired) electrons. The number of pyridine rings is 1. The summed E-state index contributed by atoms with van der Waals surface area (Å²) in [5, 5.41) is 3.54. The Morgan fingerprint density at radius 2 is 1.91 bits per heavy atom. The number of likely N-dealkylation sites (tertiary alicyclic amines) is 1. The summed E-state index contributed by atoms with van der Waals surface area (Å²) >= 11 is 1.15. The van der Waals surface area contributed by atoms with Crippen molar-refractivity contribution in [1.82, 2.24) is 14.9 Å². The number of thiazole rings is 1. The number of piperidine rings is 1. The Balaban J connectivity index is 1.60. The number of nitrogens with zero attached hydrogens (tertiary/aromatic N) is 3. The third kappa shape index (κ3) is 5.61. The maximum atomic E-state index is 14.6. The molecule has 35 heavy (non-hydrogen) atoms. The molecule has 0 unspecified atom stereocenters. The van der Waals surface area contributed by atoms with E-state index in [1.807, 2.05) is 6.07 Å². The molecular weight excluding hydrogens is 487 g/mol. The Hall–Kier alpha value is -3.08. The number of aryl methyl sites for hydroxylation is 1. The standard InChI is InChI=1S/C24H23F5N4OS/c1-14-10-23(25,26)13-33(18(14)12-31-19-9-8-17(11-30-19)24(27,28)29)22(34)21-20(32-15(2)35-21)16-6-4-3-5-7-16/h3-9,11,14,18H,10,12-13H2,1-2H3,(H,30,31)/t14-,18-/m1/s1. The minimum absolute atomic E-state index is 0.0554. The van der Waals surface area contributed by atoms with E-state index in [0.717, 1.165) is 22.3 Å². The molecule has 0 aliphatic carbocycles. The van der Waals surface area contributed by atoms with Crippen LogP contribution in [-0.2, 0) is 6.18 Å². The second kappa shape index (κ2) is 9.52. The molecule has 1 amide bonds. The predicted molar refractivity (Wildman–Crippen MR) is 124 cm³/mol. The van der Waals surface area contributed by atoms with Gasteiger partial charge in [-0.1, -0.05) is 37.3 Å². The van der Waals surface area contributed by atoms with Crippen LogP contribution in [0.2, 0.25) is 0 Å². The van der Waals surface area contributed by atoms with Crippen LogP contribution < -0.4 is 5.32 Å². The van der Waals surface area contributed by atoms with Crippen LogP contribution in [0.5, 0.6) is 0 Å². The van der Waals surface area contributed by atoms with Crippen LogP contribution in [0.4, 0.5) is 27.8 Å². The predicted octanol–water partition coefficient (Wildman–Crippen LogP) is 6.13. The van der Waals surface area contributed by atoms with E-state index in [1.54, 1.807) is 38.1 Å². The van der Waals surface area contributed by atoms with Gasteiger partial charge in [0.05, 0.1) is 28.9 Å². The molecule has 1 aliphatic heterocycles. The lowest BCUT2D eigenvalue weighted by Gasteiger charge is -2.43. The lowest BCUT2D eigenvalue weighted by molar-refractivity contribution is -0.137. The van der Waals surface area contributed by atoms with Crippen molar-refractivity contribution >= 4 is 23.1 Å². The van der Waals surface area contributed by atoms with E-state index in [1.165, 1.54) is 6.07 Å². The molecule has 11 heteroatoms. The molecule has 186 valence electrons. The molecule has 1 fully saturated rings. The van der Waals surface area contributed by atoms with Crippen molar-refractivity contribution in [1.29, 1.82) is 0 Å². The second-order valence-corrected chi connectivity index (χ2v) is 9.83. The fraction of sp³-hybridized carbons (Fsp3) is 0.375. The monoisotopic (exact) mass is 510 g/mol. The highest BCUT2D eigenvalue weighted by Crippen LogP contribution is 2.37. The van der Waals surface area contributed by atoms with Crippen LogP contribution in [0.1, 0.15) is 33.6 Å². The quantitative estimate of drug-likeness (QED) is 0.420. The van der Waals surface area contributed by atoms with Gasteiger partial charge in [-0.05, 0) is 25.0 Å². The number of halogens is 5. The van der Waals surface area contributed by atoms with Gasteiger partial charge in [-0.15, -0.1) is 11.3 Å². The number of hydrogen-bond donors (Lipinski definition) is 1. The van der Waals surface area contributed by atoms with Gasteiger partial charge in [0.1, 0.15) is 10.7 Å².